The van der Waals surface area contributed by atoms with E-state index < -0.39 is 0 Å². The summed E-state index contributed by atoms with van der Waals surface area (Å²) in [6.45, 7) is 3.54. The first kappa shape index (κ1) is 16.9. The van der Waals surface area contributed by atoms with E-state index in [0.717, 1.165) is 13.0 Å². The van der Waals surface area contributed by atoms with E-state index in [9.17, 15) is 5.11 Å². The highest BCUT2D eigenvalue weighted by Gasteiger charge is 2.28. The van der Waals surface area contributed by atoms with Crippen molar-refractivity contribution in [3.05, 3.63) is 65.4 Å². The van der Waals surface area contributed by atoms with Crippen LogP contribution in [0.25, 0.3) is 10.9 Å². The second-order valence-corrected chi connectivity index (χ2v) is 8.35. The highest BCUT2D eigenvalue weighted by atomic mass is 16.3. The van der Waals surface area contributed by atoms with Crippen LogP contribution in [0.15, 0.2) is 48.5 Å². The molecule has 1 aliphatic heterocycles. The molecule has 1 aliphatic carbocycles. The number of phenolic OH excluding ortho intramolecular Hbond substituents is 1. The number of hydrogen-bond donors (Lipinski definition) is 2. The van der Waals surface area contributed by atoms with Crippen LogP contribution in [0.4, 0.5) is 0 Å². The molecular weight excluding hydrogens is 332 g/mol. The van der Waals surface area contributed by atoms with Gasteiger partial charge < -0.3 is 15.0 Å². The topological polar surface area (TPSA) is 39.3 Å². The van der Waals surface area contributed by atoms with E-state index in [1.54, 1.807) is 6.07 Å². The summed E-state index contributed by atoms with van der Waals surface area (Å²) in [5, 5.41) is 11.1. The first-order valence-corrected chi connectivity index (χ1v) is 10.4. The third-order valence-electron chi connectivity index (χ3n) is 6.57. The maximum atomic E-state index is 9.89. The molecule has 5 rings (SSSR count). The molecule has 0 saturated carbocycles. The molecule has 140 valence electrons. The zero-order chi connectivity index (χ0) is 18.2. The number of nitrogens with zero attached hydrogens (tertiary/aromatic N) is 1. The van der Waals surface area contributed by atoms with Crippen molar-refractivity contribution in [2.45, 2.75) is 43.9 Å². The molecular formula is C24H28N2O. The molecule has 3 aromatic rings. The van der Waals surface area contributed by atoms with Crippen LogP contribution >= 0.6 is 0 Å². The van der Waals surface area contributed by atoms with Crippen molar-refractivity contribution in [2.24, 2.45) is 0 Å². The van der Waals surface area contributed by atoms with E-state index in [4.69, 9.17) is 0 Å². The molecule has 2 unspecified atom stereocenters. The Morgan fingerprint density at radius 1 is 1.04 bits per heavy atom. The molecule has 0 amide bonds. The summed E-state index contributed by atoms with van der Waals surface area (Å²) >= 11 is 0. The lowest BCUT2D eigenvalue weighted by atomic mass is 9.85. The summed E-state index contributed by atoms with van der Waals surface area (Å²) in [6, 6.07) is 16.8. The van der Waals surface area contributed by atoms with E-state index in [0.29, 0.717) is 17.6 Å². The molecule has 27 heavy (non-hydrogen) atoms. The number of aryl methyl sites for hydroxylation is 1. The first-order chi connectivity index (χ1) is 13.3. The van der Waals surface area contributed by atoms with Gasteiger partial charge in [0.25, 0.3) is 0 Å². The fourth-order valence-corrected chi connectivity index (χ4v) is 5.26. The second kappa shape index (κ2) is 7.05. The largest absolute Gasteiger partial charge is 0.508 e. The molecule has 2 N–H and O–H groups in total. The van der Waals surface area contributed by atoms with Gasteiger partial charge in [-0.3, -0.25) is 0 Å². The lowest BCUT2D eigenvalue weighted by Gasteiger charge is -2.36. The Morgan fingerprint density at radius 3 is 2.81 bits per heavy atom. The molecule has 2 aliphatic rings. The van der Waals surface area contributed by atoms with Crippen molar-refractivity contribution >= 4 is 10.9 Å². The molecule has 2 heterocycles. The van der Waals surface area contributed by atoms with Gasteiger partial charge in [-0.25, -0.2) is 0 Å². The predicted octanol–water partition coefficient (Wildman–Crippen LogP) is 5.17. The van der Waals surface area contributed by atoms with E-state index in [2.05, 4.69) is 40.2 Å². The van der Waals surface area contributed by atoms with Crippen LogP contribution in [-0.4, -0.2) is 34.6 Å². The van der Waals surface area contributed by atoms with Crippen LogP contribution in [0.5, 0.6) is 5.75 Å². The minimum atomic E-state index is 0.369. The minimum absolute atomic E-state index is 0.369. The van der Waals surface area contributed by atoms with Crippen LogP contribution in [0, 0.1) is 0 Å². The molecule has 1 saturated heterocycles. The predicted molar refractivity (Wildman–Crippen MR) is 110 cm³/mol. The molecule has 0 radical (unpaired) electrons. The highest BCUT2D eigenvalue weighted by Crippen LogP contribution is 2.38. The average molecular weight is 361 g/mol. The summed E-state index contributed by atoms with van der Waals surface area (Å²) in [5.74, 6) is 1.62. The number of phenols is 1. The van der Waals surface area contributed by atoms with Gasteiger partial charge in [0.05, 0.1) is 0 Å². The maximum absolute atomic E-state index is 9.89. The van der Waals surface area contributed by atoms with Crippen molar-refractivity contribution in [2.75, 3.05) is 19.6 Å². The maximum Gasteiger partial charge on any atom is 0.116 e. The van der Waals surface area contributed by atoms with Crippen LogP contribution < -0.4 is 0 Å². The number of aromatic nitrogens is 1. The van der Waals surface area contributed by atoms with Crippen molar-refractivity contribution in [3.63, 3.8) is 0 Å². The van der Waals surface area contributed by atoms with Gasteiger partial charge in [-0.2, -0.15) is 0 Å². The number of H-pyrrole nitrogens is 1. The Bertz CT molecular complexity index is 930. The zero-order valence-electron chi connectivity index (χ0n) is 15.8. The van der Waals surface area contributed by atoms with Gasteiger partial charge in [-0.05, 0) is 73.9 Å². The van der Waals surface area contributed by atoms with Gasteiger partial charge in [0.1, 0.15) is 5.75 Å². The van der Waals surface area contributed by atoms with E-state index in [1.165, 1.54) is 66.5 Å². The standard InChI is InChI=1S/C24H28N2O/c27-20-11-12-23-22(14-20)21-10-4-8-19(24(21)25-23)16-26-13-5-9-18(15-26)17-6-2-1-3-7-17/h1-3,6-7,11-12,14,18-19,25,27H,4-5,8-10,13,15-16H2. The molecule has 1 aromatic heterocycles. The summed E-state index contributed by atoms with van der Waals surface area (Å²) in [7, 11) is 0. The monoisotopic (exact) mass is 360 g/mol. The number of hydrogen-bond acceptors (Lipinski definition) is 2. The van der Waals surface area contributed by atoms with E-state index in [1.807, 2.05) is 12.1 Å². The lowest BCUT2D eigenvalue weighted by molar-refractivity contribution is 0.190. The third kappa shape index (κ3) is 3.25. The number of likely N-dealkylation sites (tertiary alicyclic amines) is 1. The molecule has 3 nitrogen and oxygen atoms in total. The number of aromatic hydroxyl groups is 1. The van der Waals surface area contributed by atoms with Gasteiger partial charge in [0.15, 0.2) is 0 Å². The summed E-state index contributed by atoms with van der Waals surface area (Å²) < 4.78 is 0. The van der Waals surface area contributed by atoms with Crippen LogP contribution in [0.2, 0.25) is 0 Å². The number of nitrogens with one attached hydrogen (secondary N) is 1. The lowest BCUT2D eigenvalue weighted by Crippen LogP contribution is -2.37. The number of benzene rings is 2. The summed E-state index contributed by atoms with van der Waals surface area (Å²) in [4.78, 5) is 6.37. The highest BCUT2D eigenvalue weighted by molar-refractivity contribution is 5.86. The number of aromatic amines is 1. The Morgan fingerprint density at radius 2 is 1.93 bits per heavy atom. The fourth-order valence-electron chi connectivity index (χ4n) is 5.26. The Kier molecular flexibility index (Phi) is 4.41. The SMILES string of the molecule is Oc1ccc2[nH]c3c(c2c1)CCCC3CN1CCCC(c2ccccc2)C1. The average Bonchev–Trinajstić information content (AvgIpc) is 3.08. The van der Waals surface area contributed by atoms with Crippen molar-refractivity contribution < 1.29 is 5.11 Å². The van der Waals surface area contributed by atoms with Gasteiger partial charge in [-0.15, -0.1) is 0 Å². The fraction of sp³-hybridized carbons (Fsp3) is 0.417. The smallest absolute Gasteiger partial charge is 0.116 e. The second-order valence-electron chi connectivity index (χ2n) is 8.35. The molecule has 2 atom stereocenters. The van der Waals surface area contributed by atoms with Crippen LogP contribution in [0.3, 0.4) is 0 Å². The number of piperidine rings is 1. The minimum Gasteiger partial charge on any atom is -0.508 e. The van der Waals surface area contributed by atoms with E-state index >= 15 is 0 Å². The molecule has 2 aromatic carbocycles. The zero-order valence-corrected chi connectivity index (χ0v) is 15.8. The van der Waals surface area contributed by atoms with Crippen LogP contribution in [0.1, 0.15) is 54.3 Å². The molecule has 0 spiro atoms. The normalized spacial score (nSPS) is 23.4. The van der Waals surface area contributed by atoms with Crippen LogP contribution in [-0.2, 0) is 6.42 Å². The molecule has 3 heteroatoms. The van der Waals surface area contributed by atoms with E-state index in [-0.39, 0.29) is 0 Å². The number of rotatable bonds is 3. The molecule has 0 bridgehead atoms. The summed E-state index contributed by atoms with van der Waals surface area (Å²) in [6.07, 6.45) is 6.23. The third-order valence-corrected chi connectivity index (χ3v) is 6.57. The first-order valence-electron chi connectivity index (χ1n) is 10.4. The van der Waals surface area contributed by atoms with Gasteiger partial charge in [0, 0.05) is 35.6 Å². The van der Waals surface area contributed by atoms with Gasteiger partial charge in [0.2, 0.25) is 0 Å². The Balaban J connectivity index is 1.37. The molecule has 1 fully saturated rings. The van der Waals surface area contributed by atoms with Gasteiger partial charge >= 0.3 is 0 Å². The number of fused-ring (bicyclic) bond motifs is 3. The quantitative estimate of drug-likeness (QED) is 0.676. The summed E-state index contributed by atoms with van der Waals surface area (Å²) in [5.41, 5.74) is 5.52. The van der Waals surface area contributed by atoms with Crippen molar-refractivity contribution in [1.82, 2.24) is 9.88 Å². The van der Waals surface area contributed by atoms with Crippen molar-refractivity contribution in [1.29, 1.82) is 0 Å². The van der Waals surface area contributed by atoms with Crippen molar-refractivity contribution in [3.8, 4) is 5.75 Å². The van der Waals surface area contributed by atoms with Gasteiger partial charge in [-0.1, -0.05) is 30.3 Å². The Labute approximate surface area is 161 Å². The Hall–Kier alpha value is -2.26.